The average molecular weight is 377 g/mol. The number of hydrogen-bond acceptors (Lipinski definition) is 4. The lowest BCUT2D eigenvalue weighted by Crippen LogP contribution is -2.22. The zero-order chi connectivity index (χ0) is 20.2. The number of carbonyl (C=O) groups excluding carboxylic acids is 1. The summed E-state index contributed by atoms with van der Waals surface area (Å²) in [5.41, 5.74) is 1.98. The molecule has 0 saturated heterocycles. The first-order valence-corrected chi connectivity index (χ1v) is 9.85. The maximum absolute atomic E-state index is 12.8. The van der Waals surface area contributed by atoms with Crippen molar-refractivity contribution in [3.05, 3.63) is 53.7 Å². The van der Waals surface area contributed by atoms with Crippen LogP contribution in [0.5, 0.6) is 0 Å². The van der Waals surface area contributed by atoms with Crippen LogP contribution in [0.3, 0.4) is 0 Å². The van der Waals surface area contributed by atoms with Crippen molar-refractivity contribution in [2.75, 3.05) is 17.2 Å². The molecule has 3 rings (SSSR count). The highest BCUT2D eigenvalue weighted by atomic mass is 16.1. The monoisotopic (exact) mass is 376 g/mol. The standard InChI is InChI=1S/C23H28N4O/c1-22(2,3)16-26-20-19(7-6-14-25-20)21(28)27-18-10-8-17(9-11-18)23(15-24)12-4-5-13-23/h6-11,14H,4-5,12-13,16H2,1-3H3,(H,25,26)(H,27,28). The first kappa shape index (κ1) is 19.9. The highest BCUT2D eigenvalue weighted by Gasteiger charge is 2.35. The van der Waals surface area contributed by atoms with Crippen molar-refractivity contribution in [1.29, 1.82) is 5.26 Å². The molecule has 28 heavy (non-hydrogen) atoms. The van der Waals surface area contributed by atoms with E-state index in [9.17, 15) is 10.1 Å². The van der Waals surface area contributed by atoms with Crippen LogP contribution < -0.4 is 10.6 Å². The van der Waals surface area contributed by atoms with Gasteiger partial charge in [0.25, 0.3) is 5.91 Å². The van der Waals surface area contributed by atoms with Gasteiger partial charge in [-0.15, -0.1) is 0 Å². The second-order valence-corrected chi connectivity index (χ2v) is 8.75. The van der Waals surface area contributed by atoms with E-state index in [2.05, 4.69) is 42.5 Å². The molecule has 1 aliphatic carbocycles. The third-order valence-corrected chi connectivity index (χ3v) is 5.20. The minimum Gasteiger partial charge on any atom is -0.369 e. The molecule has 146 valence electrons. The van der Waals surface area contributed by atoms with Crippen molar-refractivity contribution < 1.29 is 4.79 Å². The van der Waals surface area contributed by atoms with Gasteiger partial charge in [0.15, 0.2) is 0 Å². The summed E-state index contributed by atoms with van der Waals surface area (Å²) < 4.78 is 0. The van der Waals surface area contributed by atoms with Gasteiger partial charge < -0.3 is 10.6 Å². The highest BCUT2D eigenvalue weighted by molar-refractivity contribution is 6.07. The molecule has 1 aromatic heterocycles. The molecule has 2 aromatic rings. The molecule has 0 radical (unpaired) electrons. The van der Waals surface area contributed by atoms with E-state index >= 15 is 0 Å². The van der Waals surface area contributed by atoms with Crippen LogP contribution in [-0.2, 0) is 5.41 Å². The second kappa shape index (κ2) is 8.02. The van der Waals surface area contributed by atoms with Crippen molar-refractivity contribution in [1.82, 2.24) is 4.98 Å². The number of nitriles is 1. The van der Waals surface area contributed by atoms with Gasteiger partial charge in [0.2, 0.25) is 0 Å². The van der Waals surface area contributed by atoms with E-state index in [-0.39, 0.29) is 16.7 Å². The van der Waals surface area contributed by atoms with Crippen molar-refractivity contribution in [3.63, 3.8) is 0 Å². The van der Waals surface area contributed by atoms with Crippen LogP contribution in [0.15, 0.2) is 42.6 Å². The van der Waals surface area contributed by atoms with Crippen LogP contribution >= 0.6 is 0 Å². The summed E-state index contributed by atoms with van der Waals surface area (Å²) in [6, 6.07) is 13.7. The number of nitrogens with one attached hydrogen (secondary N) is 2. The normalized spacial score (nSPS) is 15.6. The minimum atomic E-state index is -0.365. The smallest absolute Gasteiger partial charge is 0.259 e. The summed E-state index contributed by atoms with van der Waals surface area (Å²) in [6.07, 6.45) is 5.69. The van der Waals surface area contributed by atoms with Crippen LogP contribution in [0.25, 0.3) is 0 Å². The number of anilines is 2. The van der Waals surface area contributed by atoms with Crippen LogP contribution in [0.1, 0.15) is 62.4 Å². The van der Waals surface area contributed by atoms with Gasteiger partial charge in [-0.1, -0.05) is 45.7 Å². The maximum atomic E-state index is 12.8. The van der Waals surface area contributed by atoms with E-state index in [4.69, 9.17) is 0 Å². The van der Waals surface area contributed by atoms with Gasteiger partial charge in [-0.2, -0.15) is 5.26 Å². The van der Waals surface area contributed by atoms with Gasteiger partial charge in [-0.3, -0.25) is 4.79 Å². The molecule has 5 heteroatoms. The van der Waals surface area contributed by atoms with Gasteiger partial charge in [0.1, 0.15) is 5.82 Å². The Balaban J connectivity index is 1.73. The Kier molecular flexibility index (Phi) is 5.69. The molecule has 1 aromatic carbocycles. The highest BCUT2D eigenvalue weighted by Crippen LogP contribution is 2.40. The van der Waals surface area contributed by atoms with E-state index in [0.717, 1.165) is 37.8 Å². The van der Waals surface area contributed by atoms with Crippen LogP contribution in [0.4, 0.5) is 11.5 Å². The van der Waals surface area contributed by atoms with Gasteiger partial charge in [-0.05, 0) is 48.1 Å². The Morgan fingerprint density at radius 1 is 1.18 bits per heavy atom. The molecule has 5 nitrogen and oxygen atoms in total. The second-order valence-electron chi connectivity index (χ2n) is 8.75. The Morgan fingerprint density at radius 2 is 1.86 bits per heavy atom. The number of rotatable bonds is 5. The van der Waals surface area contributed by atoms with Gasteiger partial charge in [0, 0.05) is 18.4 Å². The van der Waals surface area contributed by atoms with E-state index in [1.54, 1.807) is 18.3 Å². The Hall–Kier alpha value is -2.87. The van der Waals surface area contributed by atoms with Gasteiger partial charge in [0.05, 0.1) is 17.0 Å². The quantitative estimate of drug-likeness (QED) is 0.758. The molecule has 1 saturated carbocycles. The van der Waals surface area contributed by atoms with E-state index in [1.807, 2.05) is 24.3 Å². The summed E-state index contributed by atoms with van der Waals surface area (Å²) in [6.45, 7) is 7.10. The predicted molar refractivity (Wildman–Crippen MR) is 112 cm³/mol. The molecular weight excluding hydrogens is 348 g/mol. The number of nitrogens with zero attached hydrogens (tertiary/aromatic N) is 2. The number of benzene rings is 1. The molecule has 0 unspecified atom stereocenters. The largest absolute Gasteiger partial charge is 0.369 e. The predicted octanol–water partition coefficient (Wildman–Crippen LogP) is 5.13. The molecule has 0 atom stereocenters. The average Bonchev–Trinajstić information content (AvgIpc) is 3.17. The zero-order valence-electron chi connectivity index (χ0n) is 16.9. The molecular formula is C23H28N4O. The first-order valence-electron chi connectivity index (χ1n) is 9.85. The minimum absolute atomic E-state index is 0.0814. The molecule has 0 spiro atoms. The zero-order valence-corrected chi connectivity index (χ0v) is 16.9. The molecule has 0 bridgehead atoms. The number of hydrogen-bond donors (Lipinski definition) is 2. The third kappa shape index (κ3) is 4.51. The van der Waals surface area contributed by atoms with Crippen LogP contribution in [-0.4, -0.2) is 17.4 Å². The molecule has 0 aliphatic heterocycles. The van der Waals surface area contributed by atoms with Crippen molar-refractivity contribution >= 4 is 17.4 Å². The summed E-state index contributed by atoms with van der Waals surface area (Å²) in [7, 11) is 0. The van der Waals surface area contributed by atoms with E-state index < -0.39 is 0 Å². The summed E-state index contributed by atoms with van der Waals surface area (Å²) in [5.74, 6) is 0.383. The lowest BCUT2D eigenvalue weighted by atomic mass is 9.80. The number of aromatic nitrogens is 1. The van der Waals surface area contributed by atoms with E-state index in [0.29, 0.717) is 17.1 Å². The molecule has 1 fully saturated rings. The molecule has 1 aliphatic rings. The fourth-order valence-corrected chi connectivity index (χ4v) is 3.59. The summed E-state index contributed by atoms with van der Waals surface area (Å²) in [5, 5.41) is 15.9. The fourth-order valence-electron chi connectivity index (χ4n) is 3.59. The van der Waals surface area contributed by atoms with Gasteiger partial charge >= 0.3 is 0 Å². The Bertz CT molecular complexity index is 869. The summed E-state index contributed by atoms with van der Waals surface area (Å²) >= 11 is 0. The van der Waals surface area contributed by atoms with E-state index in [1.165, 1.54) is 0 Å². The fraction of sp³-hybridized carbons (Fsp3) is 0.435. The lowest BCUT2D eigenvalue weighted by Gasteiger charge is -2.21. The maximum Gasteiger partial charge on any atom is 0.259 e. The van der Waals surface area contributed by atoms with Crippen molar-refractivity contribution in [2.24, 2.45) is 5.41 Å². The number of pyridine rings is 1. The first-order chi connectivity index (χ1) is 13.3. The number of carbonyl (C=O) groups is 1. The summed E-state index contributed by atoms with van der Waals surface area (Å²) in [4.78, 5) is 17.1. The number of amides is 1. The lowest BCUT2D eigenvalue weighted by molar-refractivity contribution is 0.102. The molecule has 1 amide bonds. The topological polar surface area (TPSA) is 77.8 Å². The van der Waals surface area contributed by atoms with Crippen LogP contribution in [0.2, 0.25) is 0 Å². The molecule has 1 heterocycles. The SMILES string of the molecule is CC(C)(C)CNc1ncccc1C(=O)Nc1ccc(C2(C#N)CCCC2)cc1. The van der Waals surface area contributed by atoms with Gasteiger partial charge in [-0.25, -0.2) is 4.98 Å². The Labute approximate surface area is 167 Å². The van der Waals surface area contributed by atoms with Crippen molar-refractivity contribution in [3.8, 4) is 6.07 Å². The Morgan fingerprint density at radius 3 is 2.46 bits per heavy atom. The third-order valence-electron chi connectivity index (χ3n) is 5.20. The van der Waals surface area contributed by atoms with Crippen molar-refractivity contribution in [2.45, 2.75) is 51.9 Å². The van der Waals surface area contributed by atoms with Crippen LogP contribution in [0, 0.1) is 16.7 Å². The molecule has 2 N–H and O–H groups in total.